The van der Waals surface area contributed by atoms with Crippen molar-refractivity contribution in [1.29, 1.82) is 0 Å². The number of hydrogen-bond acceptors (Lipinski definition) is 6. The molecule has 36 heavy (non-hydrogen) atoms. The van der Waals surface area contributed by atoms with E-state index in [2.05, 4.69) is 41.9 Å². The van der Waals surface area contributed by atoms with Crippen molar-refractivity contribution in [1.82, 2.24) is 9.66 Å². The zero-order valence-electron chi connectivity index (χ0n) is 19.4. The fourth-order valence-electron chi connectivity index (χ4n) is 3.60. The number of aromatic carboxylic acids is 1. The van der Waals surface area contributed by atoms with Crippen LogP contribution >= 0.6 is 31.9 Å². The summed E-state index contributed by atoms with van der Waals surface area (Å²) >= 11 is 6.87. The van der Waals surface area contributed by atoms with Crippen molar-refractivity contribution in [3.05, 3.63) is 96.4 Å². The summed E-state index contributed by atoms with van der Waals surface area (Å²) in [5.74, 6) is 0.344. The van der Waals surface area contributed by atoms with Gasteiger partial charge in [0.25, 0.3) is 5.56 Å². The van der Waals surface area contributed by atoms with Gasteiger partial charge in [-0.2, -0.15) is 9.78 Å². The highest BCUT2D eigenvalue weighted by atomic mass is 79.9. The molecular weight excluding hydrogens is 594 g/mol. The van der Waals surface area contributed by atoms with E-state index in [-0.39, 0.29) is 17.7 Å². The van der Waals surface area contributed by atoms with Crippen molar-refractivity contribution in [3.63, 3.8) is 0 Å². The lowest BCUT2D eigenvalue weighted by molar-refractivity contribution is 0.0696. The molecule has 0 radical (unpaired) electrons. The third kappa shape index (κ3) is 5.50. The number of hydrogen-bond donors (Lipinski definition) is 1. The van der Waals surface area contributed by atoms with Gasteiger partial charge in [0, 0.05) is 20.9 Å². The number of fused-ring (bicyclic) bond motifs is 1. The average molecular weight is 615 g/mol. The fourth-order valence-corrected chi connectivity index (χ4v) is 4.42. The predicted molar refractivity (Wildman–Crippen MR) is 145 cm³/mol. The molecule has 4 aromatic rings. The zero-order valence-corrected chi connectivity index (χ0v) is 22.5. The minimum absolute atomic E-state index is 0.103. The molecule has 0 fully saturated rings. The first-order chi connectivity index (χ1) is 17.3. The summed E-state index contributed by atoms with van der Waals surface area (Å²) in [7, 11) is 1.52. The number of carboxylic acid groups (broad SMARTS) is 1. The van der Waals surface area contributed by atoms with E-state index < -0.39 is 5.97 Å². The Balaban J connectivity index is 1.75. The van der Waals surface area contributed by atoms with Crippen molar-refractivity contribution >= 4 is 54.9 Å². The van der Waals surface area contributed by atoms with Crippen LogP contribution in [0.25, 0.3) is 10.9 Å². The van der Waals surface area contributed by atoms with Crippen molar-refractivity contribution in [2.45, 2.75) is 20.0 Å². The van der Waals surface area contributed by atoms with E-state index in [1.54, 1.807) is 42.5 Å². The van der Waals surface area contributed by atoms with E-state index in [9.17, 15) is 14.7 Å². The molecule has 0 amide bonds. The molecule has 10 heteroatoms. The van der Waals surface area contributed by atoms with E-state index in [1.165, 1.54) is 24.1 Å². The van der Waals surface area contributed by atoms with Gasteiger partial charge in [0.05, 0.1) is 29.8 Å². The minimum Gasteiger partial charge on any atom is -0.493 e. The van der Waals surface area contributed by atoms with E-state index in [1.807, 2.05) is 13.0 Å². The second kappa shape index (κ2) is 11.0. The number of halogens is 2. The molecule has 0 aliphatic rings. The Bertz CT molecular complexity index is 1550. The first-order valence-corrected chi connectivity index (χ1v) is 12.5. The van der Waals surface area contributed by atoms with E-state index >= 15 is 0 Å². The third-order valence-electron chi connectivity index (χ3n) is 5.33. The maximum Gasteiger partial charge on any atom is 0.335 e. The standard InChI is InChI=1S/C26H21Br2N3O5/c1-3-23-30-21-8-7-18(27)11-20(21)25(32)31(23)29-13-17-10-19(28)12-22(35-2)24(17)36-14-15-5-4-6-16(9-15)26(33)34/h4-13H,3,14H2,1-2H3,(H,33,34). The molecule has 0 atom stereocenters. The van der Waals surface area contributed by atoms with Crippen LogP contribution in [0.2, 0.25) is 0 Å². The van der Waals surface area contributed by atoms with Gasteiger partial charge in [-0.15, -0.1) is 0 Å². The van der Waals surface area contributed by atoms with Gasteiger partial charge in [-0.3, -0.25) is 4.79 Å². The number of nitrogens with zero attached hydrogens (tertiary/aromatic N) is 3. The number of carbonyl (C=O) groups is 1. The third-order valence-corrected chi connectivity index (χ3v) is 6.28. The van der Waals surface area contributed by atoms with Crippen LogP contribution in [0.4, 0.5) is 0 Å². The summed E-state index contributed by atoms with van der Waals surface area (Å²) in [5, 5.41) is 14.2. The van der Waals surface area contributed by atoms with Gasteiger partial charge >= 0.3 is 5.97 Å². The van der Waals surface area contributed by atoms with Crippen LogP contribution < -0.4 is 15.0 Å². The molecule has 0 saturated heterocycles. The van der Waals surface area contributed by atoms with Crippen LogP contribution in [-0.2, 0) is 13.0 Å². The number of benzene rings is 3. The number of methoxy groups -OCH3 is 1. The first-order valence-electron chi connectivity index (χ1n) is 10.9. The van der Waals surface area contributed by atoms with Crippen LogP contribution in [-0.4, -0.2) is 34.1 Å². The van der Waals surface area contributed by atoms with Gasteiger partial charge in [0.15, 0.2) is 11.5 Å². The maximum atomic E-state index is 13.2. The highest BCUT2D eigenvalue weighted by molar-refractivity contribution is 9.10. The summed E-state index contributed by atoms with van der Waals surface area (Å²) in [6.07, 6.45) is 2.02. The van der Waals surface area contributed by atoms with Gasteiger partial charge in [-0.25, -0.2) is 9.78 Å². The summed E-state index contributed by atoms with van der Waals surface area (Å²) in [6, 6.07) is 15.4. The highest BCUT2D eigenvalue weighted by Crippen LogP contribution is 2.34. The van der Waals surface area contributed by atoms with Crippen LogP contribution in [0, 0.1) is 0 Å². The summed E-state index contributed by atoms with van der Waals surface area (Å²) in [5.41, 5.74) is 1.71. The molecule has 0 aliphatic heterocycles. The van der Waals surface area contributed by atoms with Crippen molar-refractivity contribution in [3.8, 4) is 11.5 Å². The summed E-state index contributed by atoms with van der Waals surface area (Å²) in [4.78, 5) is 29.1. The first kappa shape index (κ1) is 25.6. The quantitative estimate of drug-likeness (QED) is 0.257. The number of ether oxygens (including phenoxy) is 2. The molecule has 0 spiro atoms. The lowest BCUT2D eigenvalue weighted by Gasteiger charge is -2.14. The predicted octanol–water partition coefficient (Wildman–Crippen LogP) is 5.65. The van der Waals surface area contributed by atoms with Crippen LogP contribution in [0.15, 0.2) is 73.4 Å². The van der Waals surface area contributed by atoms with Gasteiger partial charge in [0.2, 0.25) is 0 Å². The van der Waals surface area contributed by atoms with Crippen molar-refractivity contribution in [2.24, 2.45) is 5.10 Å². The molecule has 1 N–H and O–H groups in total. The Hall–Kier alpha value is -3.50. The molecule has 0 bridgehead atoms. The normalized spacial score (nSPS) is 11.2. The molecule has 8 nitrogen and oxygen atoms in total. The SMILES string of the molecule is CCc1nc2ccc(Br)cc2c(=O)n1N=Cc1cc(Br)cc(OC)c1OCc1cccc(C(=O)O)c1. The lowest BCUT2D eigenvalue weighted by Crippen LogP contribution is -2.22. The topological polar surface area (TPSA) is 103 Å². The molecule has 1 heterocycles. The second-order valence-corrected chi connectivity index (χ2v) is 9.56. The Labute approximate surface area is 223 Å². The summed E-state index contributed by atoms with van der Waals surface area (Å²) in [6.45, 7) is 2.01. The molecule has 0 saturated carbocycles. The monoisotopic (exact) mass is 613 g/mol. The Morgan fingerprint density at radius 2 is 1.94 bits per heavy atom. The van der Waals surface area contributed by atoms with Gasteiger partial charge in [-0.1, -0.05) is 50.9 Å². The number of carboxylic acids is 1. The Morgan fingerprint density at radius 1 is 1.14 bits per heavy atom. The minimum atomic E-state index is -1.01. The highest BCUT2D eigenvalue weighted by Gasteiger charge is 2.14. The molecule has 3 aromatic carbocycles. The zero-order chi connectivity index (χ0) is 25.8. The molecule has 1 aromatic heterocycles. The fraction of sp³-hybridized carbons (Fsp3) is 0.154. The van der Waals surface area contributed by atoms with E-state index in [4.69, 9.17) is 9.47 Å². The number of aromatic nitrogens is 2. The van der Waals surface area contributed by atoms with Gasteiger partial charge < -0.3 is 14.6 Å². The molecule has 0 unspecified atom stereocenters. The van der Waals surface area contributed by atoms with Crippen molar-refractivity contribution < 1.29 is 19.4 Å². The molecule has 4 rings (SSSR count). The van der Waals surface area contributed by atoms with Gasteiger partial charge in [0.1, 0.15) is 12.4 Å². The number of rotatable bonds is 8. The van der Waals surface area contributed by atoms with E-state index in [0.717, 1.165) is 8.95 Å². The van der Waals surface area contributed by atoms with Crippen molar-refractivity contribution in [2.75, 3.05) is 7.11 Å². The average Bonchev–Trinajstić information content (AvgIpc) is 2.87. The van der Waals surface area contributed by atoms with Crippen LogP contribution in [0.1, 0.15) is 34.2 Å². The second-order valence-electron chi connectivity index (χ2n) is 7.73. The summed E-state index contributed by atoms with van der Waals surface area (Å²) < 4.78 is 14.3. The molecule has 184 valence electrons. The molecular formula is C26H21Br2N3O5. The maximum absolute atomic E-state index is 13.2. The Morgan fingerprint density at radius 3 is 2.67 bits per heavy atom. The van der Waals surface area contributed by atoms with E-state index in [0.29, 0.717) is 45.8 Å². The van der Waals surface area contributed by atoms with Gasteiger partial charge in [-0.05, 0) is 48.0 Å². The lowest BCUT2D eigenvalue weighted by atomic mass is 10.1. The van der Waals surface area contributed by atoms with Crippen LogP contribution in [0.3, 0.4) is 0 Å². The number of aryl methyl sites for hydroxylation is 1. The Kier molecular flexibility index (Phi) is 7.85. The smallest absolute Gasteiger partial charge is 0.335 e. The molecule has 0 aliphatic carbocycles. The largest absolute Gasteiger partial charge is 0.493 e. The van der Waals surface area contributed by atoms with Crippen LogP contribution in [0.5, 0.6) is 11.5 Å².